The summed E-state index contributed by atoms with van der Waals surface area (Å²) in [6.07, 6.45) is 3.70. The van der Waals surface area contributed by atoms with E-state index in [1.54, 1.807) is 6.20 Å². The minimum atomic E-state index is -0.0467. The van der Waals surface area contributed by atoms with Gasteiger partial charge in [-0.1, -0.05) is 24.3 Å². The lowest BCUT2D eigenvalue weighted by molar-refractivity contribution is -0.119. The molecule has 0 spiro atoms. The van der Waals surface area contributed by atoms with Gasteiger partial charge in [0.1, 0.15) is 5.82 Å². The summed E-state index contributed by atoms with van der Waals surface area (Å²) in [5.74, 6) is 0.873. The van der Waals surface area contributed by atoms with Crippen LogP contribution in [0.2, 0.25) is 0 Å². The first-order chi connectivity index (χ1) is 15.6. The van der Waals surface area contributed by atoms with Gasteiger partial charge in [0.2, 0.25) is 5.91 Å². The lowest BCUT2D eigenvalue weighted by Gasteiger charge is -2.11. The zero-order chi connectivity index (χ0) is 22.3. The molecule has 0 aliphatic carbocycles. The molecule has 0 aliphatic rings. The second-order valence-corrected chi connectivity index (χ2v) is 7.59. The van der Waals surface area contributed by atoms with E-state index in [0.29, 0.717) is 19.8 Å². The van der Waals surface area contributed by atoms with Crippen LogP contribution in [0.25, 0.3) is 16.9 Å². The molecule has 4 aromatic rings. The first-order valence-electron chi connectivity index (χ1n) is 10.6. The number of aromatic nitrogens is 3. The fraction of sp³-hybridized carbons (Fsp3) is 0.200. The molecule has 32 heavy (non-hydrogen) atoms. The van der Waals surface area contributed by atoms with Crippen molar-refractivity contribution in [3.05, 3.63) is 84.2 Å². The van der Waals surface area contributed by atoms with Gasteiger partial charge in [0.15, 0.2) is 0 Å². The molecular formula is C25H27N5O2. The highest BCUT2D eigenvalue weighted by molar-refractivity contribution is 5.72. The van der Waals surface area contributed by atoms with Gasteiger partial charge in [-0.3, -0.25) is 4.79 Å². The van der Waals surface area contributed by atoms with Gasteiger partial charge in [-0.25, -0.2) is 4.68 Å². The maximum absolute atomic E-state index is 10.9. The number of anilines is 2. The summed E-state index contributed by atoms with van der Waals surface area (Å²) < 4.78 is 7.50. The Labute approximate surface area is 187 Å². The minimum absolute atomic E-state index is 0.0467. The summed E-state index contributed by atoms with van der Waals surface area (Å²) in [5.41, 5.74) is 6.40. The maximum Gasteiger partial charge on any atom is 0.216 e. The number of benzene rings is 2. The number of hydrogen-bond acceptors (Lipinski definition) is 4. The fourth-order valence-electron chi connectivity index (χ4n) is 3.38. The number of ether oxygens (including phenoxy) is 1. The van der Waals surface area contributed by atoms with Crippen LogP contribution in [0.3, 0.4) is 0 Å². The highest BCUT2D eigenvalue weighted by Gasteiger charge is 2.06. The van der Waals surface area contributed by atoms with Gasteiger partial charge in [-0.15, -0.1) is 0 Å². The van der Waals surface area contributed by atoms with E-state index in [9.17, 15) is 4.79 Å². The number of carbonyl (C=O) groups excluding carboxylic acids is 1. The Morgan fingerprint density at radius 2 is 1.97 bits per heavy atom. The second-order valence-electron chi connectivity index (χ2n) is 7.59. The number of nitrogens with one attached hydrogen (secondary N) is 3. The van der Waals surface area contributed by atoms with E-state index in [0.717, 1.165) is 39.6 Å². The van der Waals surface area contributed by atoms with E-state index in [1.807, 2.05) is 23.0 Å². The van der Waals surface area contributed by atoms with Crippen LogP contribution in [0.5, 0.6) is 0 Å². The predicted octanol–water partition coefficient (Wildman–Crippen LogP) is 4.57. The van der Waals surface area contributed by atoms with Crippen LogP contribution in [-0.4, -0.2) is 33.8 Å². The van der Waals surface area contributed by atoms with Gasteiger partial charge in [0, 0.05) is 37.2 Å². The topological polar surface area (TPSA) is 84.0 Å². The first kappa shape index (κ1) is 21.4. The third-order valence-electron chi connectivity index (χ3n) is 5.09. The number of amides is 1. The van der Waals surface area contributed by atoms with E-state index in [2.05, 4.69) is 76.2 Å². The van der Waals surface area contributed by atoms with Crippen molar-refractivity contribution in [3.63, 3.8) is 0 Å². The average Bonchev–Trinajstić information content (AvgIpc) is 3.48. The van der Waals surface area contributed by atoms with Crippen molar-refractivity contribution in [2.45, 2.75) is 20.5 Å². The Hall–Kier alpha value is -3.84. The highest BCUT2D eigenvalue weighted by atomic mass is 16.5. The van der Waals surface area contributed by atoms with Gasteiger partial charge in [0.05, 0.1) is 18.9 Å². The molecule has 2 aromatic carbocycles. The van der Waals surface area contributed by atoms with Gasteiger partial charge in [0.25, 0.3) is 0 Å². The van der Waals surface area contributed by atoms with E-state index in [-0.39, 0.29) is 5.91 Å². The molecule has 3 N–H and O–H groups in total. The number of hydrogen-bond donors (Lipinski definition) is 3. The number of rotatable bonds is 9. The molecule has 0 fully saturated rings. The number of nitrogens with zero attached hydrogens (tertiary/aromatic N) is 2. The smallest absolute Gasteiger partial charge is 0.216 e. The molecule has 0 radical (unpaired) electrons. The van der Waals surface area contributed by atoms with Crippen molar-refractivity contribution in [2.24, 2.45) is 0 Å². The zero-order valence-corrected chi connectivity index (χ0v) is 18.3. The van der Waals surface area contributed by atoms with E-state index in [4.69, 9.17) is 4.74 Å². The van der Waals surface area contributed by atoms with Crippen molar-refractivity contribution < 1.29 is 9.53 Å². The molecule has 0 unspecified atom stereocenters. The average molecular weight is 430 g/mol. The number of aromatic amines is 1. The SMILES string of the molecule is CC(=O)NCCOCc1ccc(C)c(Nc2ccc(-c3ccc(-n4cccn4)cc3)[nH]2)c1. The van der Waals surface area contributed by atoms with Crippen LogP contribution in [0, 0.1) is 6.92 Å². The van der Waals surface area contributed by atoms with Gasteiger partial charge in [-0.05, 0) is 60.0 Å². The standard InChI is InChI=1S/C25H27N5O2/c1-18-4-5-20(17-32-15-13-26-19(2)31)16-24(18)29-25-11-10-23(28-25)21-6-8-22(9-7-21)30-14-3-12-27-30/h3-12,14,16,28-29H,13,15,17H2,1-2H3,(H,26,31). The molecule has 0 saturated heterocycles. The third-order valence-corrected chi connectivity index (χ3v) is 5.09. The Morgan fingerprint density at radius 1 is 1.12 bits per heavy atom. The maximum atomic E-state index is 10.9. The monoisotopic (exact) mass is 429 g/mol. The number of aryl methyl sites for hydroxylation is 1. The molecule has 0 saturated carbocycles. The van der Waals surface area contributed by atoms with Crippen LogP contribution in [0.1, 0.15) is 18.1 Å². The highest BCUT2D eigenvalue weighted by Crippen LogP contribution is 2.26. The molecule has 4 rings (SSSR count). The van der Waals surface area contributed by atoms with Crippen molar-refractivity contribution >= 4 is 17.4 Å². The van der Waals surface area contributed by atoms with Gasteiger partial charge in [-0.2, -0.15) is 5.10 Å². The second kappa shape index (κ2) is 9.98. The van der Waals surface area contributed by atoms with Crippen molar-refractivity contribution in [1.29, 1.82) is 0 Å². The quantitative estimate of drug-likeness (QED) is 0.340. The summed E-state index contributed by atoms with van der Waals surface area (Å²) in [4.78, 5) is 14.4. The first-order valence-corrected chi connectivity index (χ1v) is 10.6. The Bertz CT molecular complexity index is 1160. The molecule has 7 heteroatoms. The summed E-state index contributed by atoms with van der Waals surface area (Å²) in [6.45, 7) is 5.06. The number of H-pyrrole nitrogens is 1. The summed E-state index contributed by atoms with van der Waals surface area (Å²) in [6, 6.07) is 20.5. The summed E-state index contributed by atoms with van der Waals surface area (Å²) >= 11 is 0. The molecule has 0 bridgehead atoms. The molecule has 0 atom stereocenters. The van der Waals surface area contributed by atoms with Crippen molar-refractivity contribution in [3.8, 4) is 16.9 Å². The van der Waals surface area contributed by atoms with Gasteiger partial charge < -0.3 is 20.4 Å². The lowest BCUT2D eigenvalue weighted by atomic mass is 10.1. The van der Waals surface area contributed by atoms with Crippen LogP contribution >= 0.6 is 0 Å². The largest absolute Gasteiger partial charge is 0.375 e. The molecule has 0 aliphatic heterocycles. The molecule has 2 heterocycles. The van der Waals surface area contributed by atoms with Crippen molar-refractivity contribution in [2.75, 3.05) is 18.5 Å². The summed E-state index contributed by atoms with van der Waals surface area (Å²) in [7, 11) is 0. The molecule has 164 valence electrons. The van der Waals surface area contributed by atoms with Gasteiger partial charge >= 0.3 is 0 Å². The Kier molecular flexibility index (Phi) is 6.67. The van der Waals surface area contributed by atoms with E-state index >= 15 is 0 Å². The fourth-order valence-corrected chi connectivity index (χ4v) is 3.38. The van der Waals surface area contributed by atoms with Crippen LogP contribution in [-0.2, 0) is 16.1 Å². The number of carbonyl (C=O) groups is 1. The minimum Gasteiger partial charge on any atom is -0.375 e. The Balaban J connectivity index is 1.39. The van der Waals surface area contributed by atoms with Crippen LogP contribution in [0.4, 0.5) is 11.5 Å². The van der Waals surface area contributed by atoms with E-state index in [1.165, 1.54) is 6.92 Å². The van der Waals surface area contributed by atoms with Crippen LogP contribution in [0.15, 0.2) is 73.1 Å². The summed E-state index contributed by atoms with van der Waals surface area (Å²) in [5, 5.41) is 10.5. The van der Waals surface area contributed by atoms with Crippen LogP contribution < -0.4 is 10.6 Å². The van der Waals surface area contributed by atoms with E-state index < -0.39 is 0 Å². The van der Waals surface area contributed by atoms with Crippen molar-refractivity contribution in [1.82, 2.24) is 20.1 Å². The molecular weight excluding hydrogens is 402 g/mol. The zero-order valence-electron chi connectivity index (χ0n) is 18.3. The predicted molar refractivity (Wildman–Crippen MR) is 126 cm³/mol. The Morgan fingerprint density at radius 3 is 2.72 bits per heavy atom. The lowest BCUT2D eigenvalue weighted by Crippen LogP contribution is -2.24. The third kappa shape index (κ3) is 5.44. The normalized spacial score (nSPS) is 10.8. The molecule has 2 aromatic heterocycles. The molecule has 1 amide bonds. The molecule has 7 nitrogen and oxygen atoms in total.